The fourth-order valence-electron chi connectivity index (χ4n) is 16.0. The molecule has 2 spiro atoms. The van der Waals surface area contributed by atoms with E-state index in [1.807, 2.05) is 0 Å². The summed E-state index contributed by atoms with van der Waals surface area (Å²) in [6.45, 7) is 0. The highest BCUT2D eigenvalue weighted by atomic mass is 16.5. The molecule has 3 nitrogen and oxygen atoms in total. The third-order valence-corrected chi connectivity index (χ3v) is 19.1. The van der Waals surface area contributed by atoms with Crippen LogP contribution in [-0.4, -0.2) is 0 Å². The SMILES string of the molecule is c1ccc(C2(c3ccccc3)c3ccccc3-c3c(-c4ccc(N(c5ccc6c(c5)-c5ccccc5C65c6ccccc6Oc6ccccc65)c5cccc6c5-c5ccccc5C65c6ccccc6Oc6ccccc65)cc4)cccc32)cc1. The molecule has 0 unspecified atom stereocenters. The first-order chi connectivity index (χ1) is 41.7. The Kier molecular flexibility index (Phi) is 9.86. The lowest BCUT2D eigenvalue weighted by Gasteiger charge is -2.39. The second kappa shape index (κ2) is 17.6. The molecule has 3 aliphatic carbocycles. The smallest absolute Gasteiger partial charge is 0.132 e. The van der Waals surface area contributed by atoms with E-state index in [9.17, 15) is 0 Å². The van der Waals surface area contributed by atoms with Crippen LogP contribution in [0.25, 0.3) is 44.5 Å². The third-order valence-electron chi connectivity index (χ3n) is 19.1. The molecule has 0 amide bonds. The first kappa shape index (κ1) is 47.0. The van der Waals surface area contributed by atoms with Crippen LogP contribution in [-0.2, 0) is 16.2 Å². The number of anilines is 3. The molecule has 0 fully saturated rings. The van der Waals surface area contributed by atoms with Crippen molar-refractivity contribution in [3.63, 3.8) is 0 Å². The number of para-hydroxylation sites is 4. The molecule has 13 aromatic rings. The molecule has 0 N–H and O–H groups in total. The van der Waals surface area contributed by atoms with Crippen LogP contribution in [0.1, 0.15) is 66.8 Å². The number of hydrogen-bond donors (Lipinski definition) is 0. The number of nitrogens with zero attached hydrogens (tertiary/aromatic N) is 1. The summed E-state index contributed by atoms with van der Waals surface area (Å²) in [7, 11) is 0. The Morgan fingerprint density at radius 3 is 1.14 bits per heavy atom. The lowest BCUT2D eigenvalue weighted by atomic mass is 9.66. The Labute approximate surface area is 488 Å². The maximum absolute atomic E-state index is 6.81. The van der Waals surface area contributed by atoms with Crippen molar-refractivity contribution in [3.05, 3.63) is 376 Å². The molecule has 18 rings (SSSR count). The molecule has 13 aromatic carbocycles. The fourth-order valence-corrected chi connectivity index (χ4v) is 16.0. The largest absolute Gasteiger partial charge is 0.457 e. The molecular weight excluding hydrogens is 1020 g/mol. The second-order valence-electron chi connectivity index (χ2n) is 22.8. The maximum atomic E-state index is 6.81. The van der Waals surface area contributed by atoms with Crippen LogP contribution in [0.5, 0.6) is 23.0 Å². The Morgan fingerprint density at radius 1 is 0.226 bits per heavy atom. The first-order valence-electron chi connectivity index (χ1n) is 29.1. The van der Waals surface area contributed by atoms with Gasteiger partial charge in [-0.1, -0.05) is 255 Å². The predicted molar refractivity (Wildman–Crippen MR) is 339 cm³/mol. The molecule has 3 heteroatoms. The van der Waals surface area contributed by atoms with E-state index in [1.165, 1.54) is 83.5 Å². The quantitative estimate of drug-likeness (QED) is 0.166. The van der Waals surface area contributed by atoms with Crippen molar-refractivity contribution in [1.82, 2.24) is 0 Å². The Hall–Kier alpha value is -10.7. The summed E-state index contributed by atoms with van der Waals surface area (Å²) in [6.07, 6.45) is 0. The van der Waals surface area contributed by atoms with Crippen LogP contribution in [0, 0.1) is 0 Å². The van der Waals surface area contributed by atoms with Crippen LogP contribution in [0.2, 0.25) is 0 Å². The van der Waals surface area contributed by atoms with Gasteiger partial charge in [-0.25, -0.2) is 0 Å². The van der Waals surface area contributed by atoms with Crippen molar-refractivity contribution in [2.24, 2.45) is 0 Å². The molecular formula is C81H51NO2. The molecule has 0 bridgehead atoms. The van der Waals surface area contributed by atoms with E-state index in [0.29, 0.717) is 0 Å². The predicted octanol–water partition coefficient (Wildman–Crippen LogP) is 20.1. The van der Waals surface area contributed by atoms with Crippen molar-refractivity contribution in [1.29, 1.82) is 0 Å². The van der Waals surface area contributed by atoms with Gasteiger partial charge in [0.1, 0.15) is 23.0 Å². The molecule has 0 saturated heterocycles. The highest BCUT2D eigenvalue weighted by Crippen LogP contribution is 2.66. The van der Waals surface area contributed by atoms with Crippen molar-refractivity contribution in [2.45, 2.75) is 16.2 Å². The van der Waals surface area contributed by atoms with E-state index in [4.69, 9.17) is 9.47 Å². The van der Waals surface area contributed by atoms with Crippen LogP contribution in [0.3, 0.4) is 0 Å². The molecule has 5 aliphatic rings. The zero-order chi connectivity index (χ0) is 55.1. The van der Waals surface area contributed by atoms with Gasteiger partial charge in [-0.15, -0.1) is 0 Å². The van der Waals surface area contributed by atoms with Crippen LogP contribution < -0.4 is 14.4 Å². The number of rotatable bonds is 6. The molecule has 0 radical (unpaired) electrons. The molecule has 0 atom stereocenters. The van der Waals surface area contributed by atoms with Gasteiger partial charge in [0.05, 0.1) is 21.9 Å². The topological polar surface area (TPSA) is 21.7 Å². The van der Waals surface area contributed by atoms with Gasteiger partial charge >= 0.3 is 0 Å². The lowest BCUT2D eigenvalue weighted by molar-refractivity contribution is 0.436. The Balaban J connectivity index is 0.879. The molecule has 84 heavy (non-hydrogen) atoms. The average molecular weight is 1070 g/mol. The van der Waals surface area contributed by atoms with Crippen LogP contribution in [0.15, 0.2) is 309 Å². The van der Waals surface area contributed by atoms with Gasteiger partial charge in [-0.05, 0) is 138 Å². The Morgan fingerprint density at radius 2 is 0.595 bits per heavy atom. The standard InChI is InChI=1S/C81H51NO2/c1-3-23-53(24-4-1)79(54-25-5-2-6-26-54)63-32-11-8-28-59(63)77-57(30-21-38-70(77)79)52-45-47-55(48-46-52)82(56-49-50-65-61(51-56)58-27-7-10-31-62(58)80(65)66-34-13-17-41-73(66)83-74-42-18-14-35-67(74)80)72-40-22-39-71-78(72)60-29-9-12-33-64(60)81(71)68-36-15-19-43-75(68)84-76-44-20-16-37-69(76)81/h1-51H. The van der Waals surface area contributed by atoms with Crippen molar-refractivity contribution in [2.75, 3.05) is 4.90 Å². The second-order valence-corrected chi connectivity index (χ2v) is 22.8. The fraction of sp³-hybridized carbons (Fsp3) is 0.0370. The Bertz CT molecular complexity index is 4730. The summed E-state index contributed by atoms with van der Waals surface area (Å²) < 4.78 is 13.6. The zero-order valence-corrected chi connectivity index (χ0v) is 45.7. The van der Waals surface area contributed by atoms with E-state index in [2.05, 4.69) is 314 Å². The minimum atomic E-state index is -0.644. The number of benzene rings is 13. The highest BCUT2D eigenvalue weighted by Gasteiger charge is 2.54. The third kappa shape index (κ3) is 6.04. The monoisotopic (exact) mass is 1070 g/mol. The number of hydrogen-bond acceptors (Lipinski definition) is 3. The van der Waals surface area contributed by atoms with Gasteiger partial charge < -0.3 is 14.4 Å². The van der Waals surface area contributed by atoms with E-state index < -0.39 is 16.2 Å². The average Bonchev–Trinajstić information content (AvgIpc) is 1.72. The van der Waals surface area contributed by atoms with Gasteiger partial charge in [-0.2, -0.15) is 0 Å². The first-order valence-corrected chi connectivity index (χ1v) is 29.1. The molecule has 0 aromatic heterocycles. The summed E-state index contributed by atoms with van der Waals surface area (Å²) in [5, 5.41) is 0. The normalized spacial score (nSPS) is 14.7. The summed E-state index contributed by atoms with van der Waals surface area (Å²) >= 11 is 0. The van der Waals surface area contributed by atoms with Gasteiger partial charge in [-0.3, -0.25) is 0 Å². The van der Waals surface area contributed by atoms with Crippen molar-refractivity contribution < 1.29 is 9.47 Å². The molecule has 2 heterocycles. The summed E-state index contributed by atoms with van der Waals surface area (Å²) in [6, 6.07) is 114. The van der Waals surface area contributed by atoms with E-state index >= 15 is 0 Å². The van der Waals surface area contributed by atoms with Gasteiger partial charge in [0.2, 0.25) is 0 Å². The van der Waals surface area contributed by atoms with Gasteiger partial charge in [0, 0.05) is 39.2 Å². The van der Waals surface area contributed by atoms with E-state index in [0.717, 1.165) is 67.9 Å². The lowest BCUT2D eigenvalue weighted by Crippen LogP contribution is -2.32. The van der Waals surface area contributed by atoms with Crippen molar-refractivity contribution in [3.8, 4) is 67.5 Å². The number of ether oxygens (including phenoxy) is 2. The summed E-state index contributed by atoms with van der Waals surface area (Å²) in [5.74, 6) is 3.51. The van der Waals surface area contributed by atoms with Crippen LogP contribution >= 0.6 is 0 Å². The molecule has 392 valence electrons. The van der Waals surface area contributed by atoms with E-state index in [1.54, 1.807) is 0 Å². The molecule has 0 saturated carbocycles. The summed E-state index contributed by atoms with van der Waals surface area (Å²) in [4.78, 5) is 2.52. The zero-order valence-electron chi connectivity index (χ0n) is 45.7. The minimum Gasteiger partial charge on any atom is -0.457 e. The van der Waals surface area contributed by atoms with E-state index in [-0.39, 0.29) is 0 Å². The van der Waals surface area contributed by atoms with Gasteiger partial charge in [0.25, 0.3) is 0 Å². The minimum absolute atomic E-state index is 0.506. The highest BCUT2D eigenvalue weighted by molar-refractivity contribution is 6.01. The number of fused-ring (bicyclic) bond motifs is 21. The van der Waals surface area contributed by atoms with Crippen LogP contribution in [0.4, 0.5) is 17.1 Å². The van der Waals surface area contributed by atoms with Crippen molar-refractivity contribution >= 4 is 17.1 Å². The van der Waals surface area contributed by atoms with Gasteiger partial charge in [0.15, 0.2) is 0 Å². The maximum Gasteiger partial charge on any atom is 0.132 e. The molecule has 2 aliphatic heterocycles. The summed E-state index contributed by atoms with van der Waals surface area (Å²) in [5.41, 5.74) is 25.8.